The van der Waals surface area contributed by atoms with Gasteiger partial charge in [-0.3, -0.25) is 0 Å². The normalized spacial score (nSPS) is 13.7. The van der Waals surface area contributed by atoms with Crippen molar-refractivity contribution in [1.29, 1.82) is 0 Å². The maximum absolute atomic E-state index is 5.55. The Hall–Kier alpha value is 0.320. The van der Waals surface area contributed by atoms with E-state index in [4.69, 9.17) is 23.2 Å². The molecule has 0 heterocycles. The van der Waals surface area contributed by atoms with Crippen LogP contribution in [0.3, 0.4) is 0 Å². The van der Waals surface area contributed by atoms with E-state index in [0.717, 1.165) is 11.5 Å². The van der Waals surface area contributed by atoms with Crippen LogP contribution in [0.2, 0.25) is 0 Å². The van der Waals surface area contributed by atoms with Crippen molar-refractivity contribution in [2.75, 3.05) is 0 Å². The van der Waals surface area contributed by atoms with Crippen molar-refractivity contribution in [1.82, 2.24) is 0 Å². The van der Waals surface area contributed by atoms with Gasteiger partial charge in [0.2, 0.25) is 0 Å². The monoisotopic (exact) mass is 138 g/mol. The zero-order valence-electron chi connectivity index (χ0n) is 4.46. The summed E-state index contributed by atoms with van der Waals surface area (Å²) in [4.78, 5) is 0. The van der Waals surface area contributed by atoms with Gasteiger partial charge in [-0.05, 0) is 13.3 Å². The first kappa shape index (κ1) is 7.32. The second-order valence-corrected chi connectivity index (χ2v) is 2.32. The molecule has 0 saturated heterocycles. The van der Waals surface area contributed by atoms with Gasteiger partial charge < -0.3 is 0 Å². The highest BCUT2D eigenvalue weighted by atomic mass is 35.5. The van der Waals surface area contributed by atoms with Crippen LogP contribution in [-0.2, 0) is 0 Å². The van der Waals surface area contributed by atoms with Gasteiger partial charge in [-0.2, -0.15) is 0 Å². The molecule has 0 aromatic heterocycles. The van der Waals surface area contributed by atoms with Crippen molar-refractivity contribution in [3.05, 3.63) is 10.1 Å². The fourth-order valence-electron chi connectivity index (χ4n) is 0.244. The molecule has 0 amide bonds. The molecule has 0 N–H and O–H groups in total. The van der Waals surface area contributed by atoms with Crippen LogP contribution in [0, 0.1) is 0 Å². The Kier molecular flexibility index (Phi) is 3.49. The molecular formula is C5H8Cl2. The summed E-state index contributed by atoms with van der Waals surface area (Å²) in [6.07, 6.45) is 0.830. The standard InChI is InChI=1S/C5H8Cl2/c1-3-5(7)4(2)6/h3H2,1-2H3/b5-4+. The van der Waals surface area contributed by atoms with E-state index in [1.165, 1.54) is 0 Å². The van der Waals surface area contributed by atoms with Crippen LogP contribution in [-0.4, -0.2) is 0 Å². The highest BCUT2D eigenvalue weighted by molar-refractivity contribution is 6.38. The fraction of sp³-hybridized carbons (Fsp3) is 0.600. The van der Waals surface area contributed by atoms with Crippen LogP contribution in [0.5, 0.6) is 0 Å². The summed E-state index contributed by atoms with van der Waals surface area (Å²) in [6, 6.07) is 0. The molecule has 0 radical (unpaired) electrons. The van der Waals surface area contributed by atoms with E-state index in [0.29, 0.717) is 5.03 Å². The zero-order valence-corrected chi connectivity index (χ0v) is 5.97. The maximum Gasteiger partial charge on any atom is 0.0320 e. The number of halogens is 2. The zero-order chi connectivity index (χ0) is 5.86. The van der Waals surface area contributed by atoms with E-state index in [9.17, 15) is 0 Å². The van der Waals surface area contributed by atoms with Gasteiger partial charge in [0.05, 0.1) is 0 Å². The molecule has 0 aromatic rings. The van der Waals surface area contributed by atoms with E-state index in [1.54, 1.807) is 6.92 Å². The Bertz CT molecular complexity index is 80.1. The van der Waals surface area contributed by atoms with E-state index in [1.807, 2.05) is 6.92 Å². The Morgan fingerprint density at radius 1 is 1.43 bits per heavy atom. The first-order valence-electron chi connectivity index (χ1n) is 2.19. The molecule has 0 rings (SSSR count). The van der Waals surface area contributed by atoms with Gasteiger partial charge in [0.15, 0.2) is 0 Å². The average molecular weight is 139 g/mol. The molecule has 2 heteroatoms. The minimum Gasteiger partial charge on any atom is -0.0882 e. The Balaban J connectivity index is 3.72. The summed E-state index contributed by atoms with van der Waals surface area (Å²) >= 11 is 11.0. The van der Waals surface area contributed by atoms with Crippen molar-refractivity contribution in [3.8, 4) is 0 Å². The first-order valence-corrected chi connectivity index (χ1v) is 2.94. The second-order valence-electron chi connectivity index (χ2n) is 1.29. The molecule has 0 saturated carbocycles. The predicted molar refractivity (Wildman–Crippen MR) is 34.7 cm³/mol. The topological polar surface area (TPSA) is 0 Å². The summed E-state index contributed by atoms with van der Waals surface area (Å²) in [7, 11) is 0. The minimum atomic E-state index is 0.698. The van der Waals surface area contributed by atoms with Crippen molar-refractivity contribution >= 4 is 23.2 Å². The van der Waals surface area contributed by atoms with Gasteiger partial charge in [0.1, 0.15) is 0 Å². The lowest BCUT2D eigenvalue weighted by molar-refractivity contribution is 1.18. The Labute approximate surface area is 54.1 Å². The van der Waals surface area contributed by atoms with Crippen molar-refractivity contribution in [3.63, 3.8) is 0 Å². The van der Waals surface area contributed by atoms with Gasteiger partial charge in [0, 0.05) is 10.1 Å². The molecule has 7 heavy (non-hydrogen) atoms. The average Bonchev–Trinajstić information content (AvgIpc) is 1.65. The molecular weight excluding hydrogens is 131 g/mol. The lowest BCUT2D eigenvalue weighted by atomic mass is 10.4. The van der Waals surface area contributed by atoms with Gasteiger partial charge in [-0.25, -0.2) is 0 Å². The fourth-order valence-corrected chi connectivity index (χ4v) is 0.377. The second kappa shape index (κ2) is 3.34. The number of rotatable bonds is 1. The SMILES string of the molecule is CC/C(Cl)=C(/C)Cl. The lowest BCUT2D eigenvalue weighted by Crippen LogP contribution is -1.66. The predicted octanol–water partition coefficient (Wildman–Crippen LogP) is 3.11. The van der Waals surface area contributed by atoms with Crippen molar-refractivity contribution < 1.29 is 0 Å². The number of allylic oxidation sites excluding steroid dienone is 2. The summed E-state index contributed by atoms with van der Waals surface area (Å²) < 4.78 is 0. The molecule has 0 atom stereocenters. The third-order valence-corrected chi connectivity index (χ3v) is 1.56. The number of hydrogen-bond donors (Lipinski definition) is 0. The molecule has 0 bridgehead atoms. The van der Waals surface area contributed by atoms with E-state index < -0.39 is 0 Å². The van der Waals surface area contributed by atoms with Crippen LogP contribution >= 0.6 is 23.2 Å². The van der Waals surface area contributed by atoms with Crippen LogP contribution in [0.4, 0.5) is 0 Å². The molecule has 0 aliphatic carbocycles. The Morgan fingerprint density at radius 2 is 1.86 bits per heavy atom. The molecule has 0 spiro atoms. The minimum absolute atomic E-state index is 0.698. The van der Waals surface area contributed by atoms with Gasteiger partial charge in [0.25, 0.3) is 0 Å². The first-order chi connectivity index (χ1) is 3.18. The molecule has 0 nitrogen and oxygen atoms in total. The molecule has 0 unspecified atom stereocenters. The highest BCUT2D eigenvalue weighted by Gasteiger charge is 1.88. The van der Waals surface area contributed by atoms with Gasteiger partial charge >= 0.3 is 0 Å². The highest BCUT2D eigenvalue weighted by Crippen LogP contribution is 2.14. The maximum atomic E-state index is 5.55. The van der Waals surface area contributed by atoms with Gasteiger partial charge in [-0.15, -0.1) is 0 Å². The van der Waals surface area contributed by atoms with E-state index >= 15 is 0 Å². The summed E-state index contributed by atoms with van der Waals surface area (Å²) in [5.41, 5.74) is 0. The third-order valence-electron chi connectivity index (χ3n) is 0.684. The largest absolute Gasteiger partial charge is 0.0882 e. The molecule has 0 fully saturated rings. The molecule has 42 valence electrons. The summed E-state index contributed by atoms with van der Waals surface area (Å²) in [6.45, 7) is 3.75. The van der Waals surface area contributed by atoms with Crippen LogP contribution in [0.1, 0.15) is 20.3 Å². The molecule has 0 aromatic carbocycles. The van der Waals surface area contributed by atoms with Crippen molar-refractivity contribution in [2.24, 2.45) is 0 Å². The number of hydrogen-bond acceptors (Lipinski definition) is 0. The molecule has 0 aliphatic rings. The van der Waals surface area contributed by atoms with Crippen LogP contribution < -0.4 is 0 Å². The summed E-state index contributed by atoms with van der Waals surface area (Å²) in [5, 5.41) is 1.45. The molecule has 0 aliphatic heterocycles. The van der Waals surface area contributed by atoms with E-state index in [2.05, 4.69) is 0 Å². The van der Waals surface area contributed by atoms with E-state index in [-0.39, 0.29) is 0 Å². The third kappa shape index (κ3) is 2.95. The van der Waals surface area contributed by atoms with Crippen LogP contribution in [0.15, 0.2) is 10.1 Å². The lowest BCUT2D eigenvalue weighted by Gasteiger charge is -1.89. The quantitative estimate of drug-likeness (QED) is 0.523. The summed E-state index contributed by atoms with van der Waals surface area (Å²) in [5.74, 6) is 0. The smallest absolute Gasteiger partial charge is 0.0320 e. The van der Waals surface area contributed by atoms with Gasteiger partial charge in [-0.1, -0.05) is 30.1 Å². The Morgan fingerprint density at radius 3 is 1.86 bits per heavy atom. The van der Waals surface area contributed by atoms with Crippen LogP contribution in [0.25, 0.3) is 0 Å². The van der Waals surface area contributed by atoms with Crippen molar-refractivity contribution in [2.45, 2.75) is 20.3 Å².